The second-order valence-corrected chi connectivity index (χ2v) is 4.82. The Labute approximate surface area is 124 Å². The van der Waals surface area contributed by atoms with Crippen LogP contribution in [0.15, 0.2) is 48.5 Å². The standard InChI is InChI=1S/C18H16N2O/c1-13-4-3-5-14(2)18(13)20-17(21)11-10-15-6-8-16(12-19)9-7-15/h3-11H,1-2H3,(H,20,21)/b11-10+. The first-order valence-electron chi connectivity index (χ1n) is 6.65. The molecule has 3 heteroatoms. The molecule has 0 aliphatic rings. The quantitative estimate of drug-likeness (QED) is 0.866. The minimum atomic E-state index is -0.170. The highest BCUT2D eigenvalue weighted by atomic mass is 16.1. The number of nitrogens with zero attached hydrogens (tertiary/aromatic N) is 1. The molecule has 2 rings (SSSR count). The maximum Gasteiger partial charge on any atom is 0.248 e. The van der Waals surface area contributed by atoms with Gasteiger partial charge in [0.2, 0.25) is 5.91 Å². The van der Waals surface area contributed by atoms with Gasteiger partial charge in [-0.2, -0.15) is 5.26 Å². The van der Waals surface area contributed by atoms with Crippen LogP contribution in [0, 0.1) is 25.2 Å². The maximum atomic E-state index is 12.0. The fraction of sp³-hybridized carbons (Fsp3) is 0.111. The van der Waals surface area contributed by atoms with E-state index in [1.807, 2.05) is 32.0 Å². The summed E-state index contributed by atoms with van der Waals surface area (Å²) in [7, 11) is 0. The highest BCUT2D eigenvalue weighted by Gasteiger charge is 2.04. The Balaban J connectivity index is 2.07. The number of benzene rings is 2. The number of carbonyl (C=O) groups is 1. The third kappa shape index (κ3) is 3.80. The van der Waals surface area contributed by atoms with E-state index in [0.717, 1.165) is 22.4 Å². The van der Waals surface area contributed by atoms with Crippen LogP contribution in [0.3, 0.4) is 0 Å². The number of hydrogen-bond donors (Lipinski definition) is 1. The lowest BCUT2D eigenvalue weighted by atomic mass is 10.1. The van der Waals surface area contributed by atoms with Crippen molar-refractivity contribution in [2.24, 2.45) is 0 Å². The summed E-state index contributed by atoms with van der Waals surface area (Å²) >= 11 is 0. The highest BCUT2D eigenvalue weighted by Crippen LogP contribution is 2.19. The van der Waals surface area contributed by atoms with Crippen LogP contribution in [0.2, 0.25) is 0 Å². The Morgan fingerprint density at radius 1 is 1.10 bits per heavy atom. The number of hydrogen-bond acceptors (Lipinski definition) is 2. The van der Waals surface area contributed by atoms with Gasteiger partial charge in [-0.3, -0.25) is 4.79 Å². The number of anilines is 1. The van der Waals surface area contributed by atoms with Gasteiger partial charge in [-0.25, -0.2) is 0 Å². The summed E-state index contributed by atoms with van der Waals surface area (Å²) in [6.07, 6.45) is 3.22. The zero-order valence-corrected chi connectivity index (χ0v) is 12.1. The van der Waals surface area contributed by atoms with Crippen LogP contribution in [-0.2, 0) is 4.79 Å². The third-order valence-electron chi connectivity index (χ3n) is 3.20. The molecule has 0 aliphatic carbocycles. The van der Waals surface area contributed by atoms with Crippen LogP contribution < -0.4 is 5.32 Å². The molecule has 0 aromatic heterocycles. The number of carbonyl (C=O) groups excluding carboxylic acids is 1. The SMILES string of the molecule is Cc1cccc(C)c1NC(=O)/C=C/c1ccc(C#N)cc1. The molecular weight excluding hydrogens is 260 g/mol. The van der Waals surface area contributed by atoms with Gasteiger partial charge in [-0.05, 0) is 48.7 Å². The molecule has 0 unspecified atom stereocenters. The van der Waals surface area contributed by atoms with Gasteiger partial charge in [-0.15, -0.1) is 0 Å². The summed E-state index contributed by atoms with van der Waals surface area (Å²) in [5, 5.41) is 11.6. The summed E-state index contributed by atoms with van der Waals surface area (Å²) in [5.74, 6) is -0.170. The van der Waals surface area contributed by atoms with Gasteiger partial charge in [0.25, 0.3) is 0 Å². The third-order valence-corrected chi connectivity index (χ3v) is 3.20. The smallest absolute Gasteiger partial charge is 0.248 e. The molecule has 0 saturated heterocycles. The van der Waals surface area contributed by atoms with E-state index >= 15 is 0 Å². The zero-order chi connectivity index (χ0) is 15.2. The van der Waals surface area contributed by atoms with Crippen LogP contribution in [0.5, 0.6) is 0 Å². The van der Waals surface area contributed by atoms with E-state index in [0.29, 0.717) is 5.56 Å². The number of amides is 1. The van der Waals surface area contributed by atoms with Crippen molar-refractivity contribution < 1.29 is 4.79 Å². The van der Waals surface area contributed by atoms with Crippen LogP contribution in [-0.4, -0.2) is 5.91 Å². The largest absolute Gasteiger partial charge is 0.322 e. The van der Waals surface area contributed by atoms with Crippen LogP contribution in [0.1, 0.15) is 22.3 Å². The van der Waals surface area contributed by atoms with Crippen molar-refractivity contribution in [3.8, 4) is 6.07 Å². The molecule has 3 nitrogen and oxygen atoms in total. The Bertz CT molecular complexity index is 702. The number of nitriles is 1. The van der Waals surface area contributed by atoms with Gasteiger partial charge in [0.05, 0.1) is 11.6 Å². The molecule has 0 saturated carbocycles. The van der Waals surface area contributed by atoms with Crippen molar-refractivity contribution in [3.63, 3.8) is 0 Å². The molecule has 21 heavy (non-hydrogen) atoms. The predicted octanol–water partition coefficient (Wildman–Crippen LogP) is 3.83. The fourth-order valence-electron chi connectivity index (χ4n) is 2.02. The molecule has 0 aliphatic heterocycles. The van der Waals surface area contributed by atoms with Crippen molar-refractivity contribution in [1.29, 1.82) is 5.26 Å². The summed E-state index contributed by atoms with van der Waals surface area (Å²) in [4.78, 5) is 12.0. The lowest BCUT2D eigenvalue weighted by Crippen LogP contribution is -2.10. The average Bonchev–Trinajstić information content (AvgIpc) is 2.49. The lowest BCUT2D eigenvalue weighted by molar-refractivity contribution is -0.111. The number of rotatable bonds is 3. The van der Waals surface area contributed by atoms with E-state index in [9.17, 15) is 4.79 Å². The molecule has 0 fully saturated rings. The van der Waals surface area contributed by atoms with Gasteiger partial charge >= 0.3 is 0 Å². The van der Waals surface area contributed by atoms with E-state index < -0.39 is 0 Å². The first-order chi connectivity index (χ1) is 10.1. The lowest BCUT2D eigenvalue weighted by Gasteiger charge is -2.09. The first kappa shape index (κ1) is 14.5. The molecule has 104 valence electrons. The van der Waals surface area contributed by atoms with Crippen molar-refractivity contribution in [2.75, 3.05) is 5.32 Å². The number of nitrogens with one attached hydrogen (secondary N) is 1. The molecule has 1 N–H and O–H groups in total. The fourth-order valence-corrected chi connectivity index (χ4v) is 2.02. The molecule has 0 bridgehead atoms. The Morgan fingerprint density at radius 2 is 1.71 bits per heavy atom. The van der Waals surface area contributed by atoms with Crippen LogP contribution in [0.25, 0.3) is 6.08 Å². The van der Waals surface area contributed by atoms with Gasteiger partial charge in [-0.1, -0.05) is 30.3 Å². The minimum absolute atomic E-state index is 0.170. The molecule has 0 atom stereocenters. The second-order valence-electron chi connectivity index (χ2n) is 4.82. The monoisotopic (exact) mass is 276 g/mol. The Morgan fingerprint density at radius 3 is 2.29 bits per heavy atom. The average molecular weight is 276 g/mol. The topological polar surface area (TPSA) is 52.9 Å². The molecule has 0 heterocycles. The van der Waals surface area contributed by atoms with Crippen molar-refractivity contribution >= 4 is 17.7 Å². The Kier molecular flexibility index (Phi) is 4.53. The molecule has 0 spiro atoms. The summed E-state index contributed by atoms with van der Waals surface area (Å²) in [6.45, 7) is 3.93. The molecule has 2 aromatic carbocycles. The molecule has 0 radical (unpaired) electrons. The van der Waals surface area contributed by atoms with E-state index in [1.165, 1.54) is 6.08 Å². The van der Waals surface area contributed by atoms with Gasteiger partial charge in [0.15, 0.2) is 0 Å². The second kappa shape index (κ2) is 6.53. The van der Waals surface area contributed by atoms with Crippen molar-refractivity contribution in [3.05, 3.63) is 70.8 Å². The van der Waals surface area contributed by atoms with Gasteiger partial charge < -0.3 is 5.32 Å². The zero-order valence-electron chi connectivity index (χ0n) is 12.1. The van der Waals surface area contributed by atoms with Gasteiger partial charge in [0.1, 0.15) is 0 Å². The van der Waals surface area contributed by atoms with E-state index in [1.54, 1.807) is 30.3 Å². The first-order valence-corrected chi connectivity index (χ1v) is 6.65. The van der Waals surface area contributed by atoms with Crippen LogP contribution >= 0.6 is 0 Å². The van der Waals surface area contributed by atoms with Crippen molar-refractivity contribution in [1.82, 2.24) is 0 Å². The number of para-hydroxylation sites is 1. The maximum absolute atomic E-state index is 12.0. The summed E-state index contributed by atoms with van der Waals surface area (Å²) in [6, 6.07) is 15.0. The molecular formula is C18H16N2O. The van der Waals surface area contributed by atoms with Gasteiger partial charge in [0, 0.05) is 11.8 Å². The highest BCUT2D eigenvalue weighted by molar-refractivity contribution is 6.02. The van der Waals surface area contributed by atoms with E-state index in [2.05, 4.69) is 11.4 Å². The Hall–Kier alpha value is -2.86. The predicted molar refractivity (Wildman–Crippen MR) is 84.7 cm³/mol. The minimum Gasteiger partial charge on any atom is -0.322 e. The summed E-state index contributed by atoms with van der Waals surface area (Å²) < 4.78 is 0. The van der Waals surface area contributed by atoms with Crippen molar-refractivity contribution in [2.45, 2.75) is 13.8 Å². The molecule has 1 amide bonds. The molecule has 2 aromatic rings. The van der Waals surface area contributed by atoms with E-state index in [4.69, 9.17) is 5.26 Å². The van der Waals surface area contributed by atoms with Crippen LogP contribution in [0.4, 0.5) is 5.69 Å². The normalized spacial score (nSPS) is 10.3. The number of aryl methyl sites for hydroxylation is 2. The van der Waals surface area contributed by atoms with E-state index in [-0.39, 0.29) is 5.91 Å². The summed E-state index contributed by atoms with van der Waals surface area (Å²) in [5.41, 5.74) is 4.41.